The molecule has 0 radical (unpaired) electrons. The third-order valence-corrected chi connectivity index (χ3v) is 3.99. The quantitative estimate of drug-likeness (QED) is 0.844. The van der Waals surface area contributed by atoms with Gasteiger partial charge in [0.25, 0.3) is 0 Å². The highest BCUT2D eigenvalue weighted by Crippen LogP contribution is 2.30. The van der Waals surface area contributed by atoms with Crippen LogP contribution in [0.5, 0.6) is 0 Å². The third-order valence-electron chi connectivity index (χ3n) is 3.99. The molecule has 0 aromatic rings. The molecule has 2 aliphatic rings. The van der Waals surface area contributed by atoms with E-state index in [-0.39, 0.29) is 18.0 Å². The average molecular weight is 310 g/mol. The van der Waals surface area contributed by atoms with Crippen molar-refractivity contribution in [3.8, 4) is 0 Å². The van der Waals surface area contributed by atoms with E-state index in [4.69, 9.17) is 4.74 Å². The summed E-state index contributed by atoms with van der Waals surface area (Å²) in [6, 6.07) is 0.279. The second-order valence-electron chi connectivity index (χ2n) is 6.12. The summed E-state index contributed by atoms with van der Waals surface area (Å²) < 4.78 is 42.6. The second-order valence-corrected chi connectivity index (χ2v) is 6.12. The Balaban J connectivity index is 0.00000106. The first kappa shape index (κ1) is 18.7. The standard InChI is InChI=1S/C13H23F3N2O.C2H6/c1-12(9-19-10-12)8-18(7-4-13(14,15)16)11-2-5-17-6-3-11;1-2/h11,17H,2-10H2,1H3;1-2H3. The minimum Gasteiger partial charge on any atom is -0.380 e. The summed E-state index contributed by atoms with van der Waals surface area (Å²) in [6.07, 6.45) is -2.90. The fraction of sp³-hybridized carbons (Fsp3) is 1.00. The van der Waals surface area contributed by atoms with Crippen LogP contribution in [0.4, 0.5) is 13.2 Å². The molecule has 2 rings (SSSR count). The van der Waals surface area contributed by atoms with Crippen molar-refractivity contribution in [3.63, 3.8) is 0 Å². The van der Waals surface area contributed by atoms with Crippen LogP contribution in [0.3, 0.4) is 0 Å². The third kappa shape index (κ3) is 6.53. The summed E-state index contributed by atoms with van der Waals surface area (Å²) in [5.74, 6) is 0. The SMILES string of the molecule is CC.CC1(CN(CCC(F)(F)F)C2CCNCC2)COC1. The minimum absolute atomic E-state index is 0.0382. The van der Waals surface area contributed by atoms with Gasteiger partial charge in [-0.25, -0.2) is 0 Å². The van der Waals surface area contributed by atoms with E-state index in [1.807, 2.05) is 18.7 Å². The van der Waals surface area contributed by atoms with Gasteiger partial charge in [-0.2, -0.15) is 13.2 Å². The van der Waals surface area contributed by atoms with Crippen molar-refractivity contribution in [1.82, 2.24) is 10.2 Å². The summed E-state index contributed by atoms with van der Waals surface area (Å²) in [6.45, 7) is 10.1. The van der Waals surface area contributed by atoms with Crippen molar-refractivity contribution >= 4 is 0 Å². The van der Waals surface area contributed by atoms with Gasteiger partial charge >= 0.3 is 6.18 Å². The van der Waals surface area contributed by atoms with Crippen LogP contribution in [-0.4, -0.2) is 56.5 Å². The lowest BCUT2D eigenvalue weighted by atomic mass is 9.87. The zero-order valence-corrected chi connectivity index (χ0v) is 13.4. The number of halogens is 3. The van der Waals surface area contributed by atoms with Gasteiger partial charge in [-0.15, -0.1) is 0 Å². The Kier molecular flexibility index (Phi) is 7.44. The van der Waals surface area contributed by atoms with Gasteiger partial charge < -0.3 is 10.1 Å². The number of hydrogen-bond acceptors (Lipinski definition) is 3. The van der Waals surface area contributed by atoms with Gasteiger partial charge in [0.05, 0.1) is 19.6 Å². The van der Waals surface area contributed by atoms with E-state index in [0.29, 0.717) is 19.8 Å². The lowest BCUT2D eigenvalue weighted by Gasteiger charge is -2.45. The number of hydrogen-bond donors (Lipinski definition) is 1. The first-order chi connectivity index (χ1) is 9.88. The Labute approximate surface area is 126 Å². The molecular formula is C15H29F3N2O. The molecule has 3 nitrogen and oxygen atoms in total. The van der Waals surface area contributed by atoms with Crippen LogP contribution in [0.25, 0.3) is 0 Å². The van der Waals surface area contributed by atoms with E-state index in [9.17, 15) is 13.2 Å². The molecule has 0 aromatic heterocycles. The monoisotopic (exact) mass is 310 g/mol. The summed E-state index contributed by atoms with van der Waals surface area (Å²) in [5.41, 5.74) is 0.0382. The van der Waals surface area contributed by atoms with Crippen LogP contribution in [0.15, 0.2) is 0 Å². The summed E-state index contributed by atoms with van der Waals surface area (Å²) in [7, 11) is 0. The molecule has 2 heterocycles. The molecule has 6 heteroatoms. The van der Waals surface area contributed by atoms with Gasteiger partial charge in [-0.3, -0.25) is 4.90 Å². The highest BCUT2D eigenvalue weighted by atomic mass is 19.4. The van der Waals surface area contributed by atoms with Crippen molar-refractivity contribution in [2.45, 2.75) is 52.3 Å². The molecule has 2 aliphatic heterocycles. The maximum Gasteiger partial charge on any atom is 0.390 e. The first-order valence-electron chi connectivity index (χ1n) is 7.97. The lowest BCUT2D eigenvalue weighted by molar-refractivity contribution is -0.149. The molecule has 1 N–H and O–H groups in total. The second kappa shape index (κ2) is 8.34. The van der Waals surface area contributed by atoms with Crippen LogP contribution in [-0.2, 0) is 4.74 Å². The van der Waals surface area contributed by atoms with Crippen molar-refractivity contribution in [1.29, 1.82) is 0 Å². The van der Waals surface area contributed by atoms with E-state index < -0.39 is 12.6 Å². The normalized spacial score (nSPS) is 22.4. The Morgan fingerprint density at radius 2 is 1.76 bits per heavy atom. The van der Waals surface area contributed by atoms with Gasteiger partial charge in [-0.1, -0.05) is 20.8 Å². The van der Waals surface area contributed by atoms with Crippen molar-refractivity contribution in [2.75, 3.05) is 39.4 Å². The summed E-state index contributed by atoms with van der Waals surface area (Å²) in [4.78, 5) is 2.04. The molecule has 126 valence electrons. The first-order valence-corrected chi connectivity index (χ1v) is 7.97. The number of ether oxygens (including phenoxy) is 1. The Morgan fingerprint density at radius 1 is 1.19 bits per heavy atom. The molecule has 2 saturated heterocycles. The van der Waals surface area contributed by atoms with E-state index in [2.05, 4.69) is 12.2 Å². The molecule has 0 amide bonds. The molecule has 0 spiro atoms. The zero-order valence-electron chi connectivity index (χ0n) is 13.4. The number of nitrogens with one attached hydrogen (secondary N) is 1. The predicted octanol–water partition coefficient (Wildman–Crippen LogP) is 3.06. The number of alkyl halides is 3. The highest BCUT2D eigenvalue weighted by molar-refractivity contribution is 4.88. The smallest absolute Gasteiger partial charge is 0.380 e. The topological polar surface area (TPSA) is 24.5 Å². The van der Waals surface area contributed by atoms with Crippen LogP contribution < -0.4 is 5.32 Å². The number of piperidine rings is 1. The summed E-state index contributed by atoms with van der Waals surface area (Å²) >= 11 is 0. The van der Waals surface area contributed by atoms with E-state index in [1.165, 1.54) is 0 Å². The van der Waals surface area contributed by atoms with Gasteiger partial charge in [-0.05, 0) is 25.9 Å². The van der Waals surface area contributed by atoms with Crippen molar-refractivity contribution in [3.05, 3.63) is 0 Å². The van der Waals surface area contributed by atoms with E-state index in [1.54, 1.807) is 0 Å². The lowest BCUT2D eigenvalue weighted by Crippen LogP contribution is -2.53. The molecular weight excluding hydrogens is 281 g/mol. The average Bonchev–Trinajstić information content (AvgIpc) is 2.44. The highest BCUT2D eigenvalue weighted by Gasteiger charge is 2.38. The van der Waals surface area contributed by atoms with Crippen LogP contribution >= 0.6 is 0 Å². The Bertz CT molecular complexity index is 287. The Morgan fingerprint density at radius 3 is 2.19 bits per heavy atom. The Hall–Kier alpha value is -0.330. The molecule has 0 unspecified atom stereocenters. The van der Waals surface area contributed by atoms with Crippen molar-refractivity contribution in [2.24, 2.45) is 5.41 Å². The number of nitrogens with zero attached hydrogens (tertiary/aromatic N) is 1. The zero-order chi connectivity index (χ0) is 15.9. The van der Waals surface area contributed by atoms with Gasteiger partial charge in [0, 0.05) is 24.5 Å². The van der Waals surface area contributed by atoms with Gasteiger partial charge in [0.1, 0.15) is 0 Å². The van der Waals surface area contributed by atoms with Crippen LogP contribution in [0.2, 0.25) is 0 Å². The molecule has 0 saturated carbocycles. The molecule has 0 aromatic carbocycles. The van der Waals surface area contributed by atoms with Gasteiger partial charge in [0.15, 0.2) is 0 Å². The molecule has 0 bridgehead atoms. The maximum atomic E-state index is 12.4. The molecule has 0 atom stereocenters. The predicted molar refractivity (Wildman–Crippen MR) is 78.4 cm³/mol. The summed E-state index contributed by atoms with van der Waals surface area (Å²) in [5, 5.41) is 3.26. The molecule has 0 aliphatic carbocycles. The van der Waals surface area contributed by atoms with Crippen LogP contribution in [0.1, 0.15) is 40.0 Å². The largest absolute Gasteiger partial charge is 0.390 e. The molecule has 2 fully saturated rings. The fourth-order valence-electron chi connectivity index (χ4n) is 2.87. The van der Waals surface area contributed by atoms with Crippen LogP contribution in [0, 0.1) is 5.41 Å². The van der Waals surface area contributed by atoms with E-state index in [0.717, 1.165) is 25.9 Å². The minimum atomic E-state index is -4.07. The van der Waals surface area contributed by atoms with E-state index >= 15 is 0 Å². The number of rotatable bonds is 5. The van der Waals surface area contributed by atoms with Gasteiger partial charge in [0.2, 0.25) is 0 Å². The fourth-order valence-corrected chi connectivity index (χ4v) is 2.87. The maximum absolute atomic E-state index is 12.4. The van der Waals surface area contributed by atoms with Crippen molar-refractivity contribution < 1.29 is 17.9 Å². The molecule has 21 heavy (non-hydrogen) atoms.